The first-order valence-corrected chi connectivity index (χ1v) is 11.0. The summed E-state index contributed by atoms with van der Waals surface area (Å²) in [6.45, 7) is 3.33. The molecule has 3 N–H and O–H groups in total. The number of hydrogen-bond donors (Lipinski definition) is 3. The number of benzene rings is 2. The van der Waals surface area contributed by atoms with Crippen LogP contribution in [0.2, 0.25) is 0 Å². The zero-order valence-electron chi connectivity index (χ0n) is 17.2. The Labute approximate surface area is 201 Å². The van der Waals surface area contributed by atoms with E-state index in [1.54, 1.807) is 43.3 Å². The third-order valence-electron chi connectivity index (χ3n) is 4.22. The van der Waals surface area contributed by atoms with Gasteiger partial charge in [-0.2, -0.15) is 0 Å². The van der Waals surface area contributed by atoms with Crippen LogP contribution in [0.1, 0.15) is 35.9 Å². The maximum Gasteiger partial charge on any atom is 0.412 e. The lowest BCUT2D eigenvalue weighted by Crippen LogP contribution is -2.28. The molecule has 0 unspecified atom stereocenters. The summed E-state index contributed by atoms with van der Waals surface area (Å²) in [7, 11) is 0. The van der Waals surface area contributed by atoms with Crippen molar-refractivity contribution in [3.05, 3.63) is 68.6 Å². The van der Waals surface area contributed by atoms with Crippen LogP contribution < -0.4 is 5.32 Å². The van der Waals surface area contributed by atoms with Crippen molar-refractivity contribution in [2.75, 3.05) is 11.9 Å². The van der Waals surface area contributed by atoms with E-state index in [0.29, 0.717) is 20.2 Å². The largest absolute Gasteiger partial charge is 0.506 e. The minimum absolute atomic E-state index is 0.111. The molecule has 2 aromatic carbocycles. The number of amides is 1. The number of carbonyl (C=O) groups excluding carboxylic acids is 2. The molecule has 0 aliphatic rings. The fourth-order valence-electron chi connectivity index (χ4n) is 2.77. The zero-order chi connectivity index (χ0) is 23.8. The van der Waals surface area contributed by atoms with Gasteiger partial charge < -0.3 is 19.7 Å². The number of carbonyl (C=O) groups is 3. The molecule has 0 bridgehead atoms. The van der Waals surface area contributed by atoms with Gasteiger partial charge in [-0.1, -0.05) is 15.9 Å². The van der Waals surface area contributed by atoms with E-state index in [1.165, 1.54) is 13.0 Å². The summed E-state index contributed by atoms with van der Waals surface area (Å²) in [6, 6.07) is 9.36. The first-order valence-electron chi connectivity index (χ1n) is 9.41. The van der Waals surface area contributed by atoms with Gasteiger partial charge in [0.1, 0.15) is 11.9 Å². The number of aromatic hydroxyl groups is 1. The number of aliphatic carboxylic acids is 1. The number of carboxylic acids is 1. The van der Waals surface area contributed by atoms with Gasteiger partial charge in [-0.05, 0) is 72.3 Å². The van der Waals surface area contributed by atoms with Gasteiger partial charge in [0.05, 0.1) is 4.47 Å². The van der Waals surface area contributed by atoms with Crippen molar-refractivity contribution in [3.8, 4) is 5.75 Å². The predicted octanol–water partition coefficient (Wildman–Crippen LogP) is 5.46. The van der Waals surface area contributed by atoms with Crippen LogP contribution in [-0.2, 0) is 14.3 Å². The molecule has 0 aliphatic carbocycles. The summed E-state index contributed by atoms with van der Waals surface area (Å²) >= 11 is 6.56. The van der Waals surface area contributed by atoms with E-state index in [1.807, 2.05) is 0 Å². The number of phenols is 1. The minimum atomic E-state index is -1.21. The van der Waals surface area contributed by atoms with Crippen LogP contribution in [0.5, 0.6) is 5.75 Å². The van der Waals surface area contributed by atoms with Crippen LogP contribution in [0.4, 0.5) is 10.5 Å². The van der Waals surface area contributed by atoms with Gasteiger partial charge >= 0.3 is 12.1 Å². The fourth-order valence-corrected chi connectivity index (χ4v) is 4.03. The number of carboxylic acid groups (broad SMARTS) is 1. The lowest BCUT2D eigenvalue weighted by molar-refractivity contribution is -0.131. The molecule has 1 amide bonds. The van der Waals surface area contributed by atoms with E-state index < -0.39 is 24.3 Å². The average Bonchev–Trinajstić information content (AvgIpc) is 2.72. The Morgan fingerprint density at radius 2 is 1.81 bits per heavy atom. The number of ether oxygens (including phenoxy) is 2. The Morgan fingerprint density at radius 1 is 1.16 bits per heavy atom. The summed E-state index contributed by atoms with van der Waals surface area (Å²) in [5, 5.41) is 22.1. The maximum atomic E-state index is 12.6. The molecule has 2 rings (SSSR count). The number of Topliss-reactive ketones (excluding diaryl/α,β-unsaturated/α-hetero) is 1. The molecule has 8 nitrogen and oxygen atoms in total. The van der Waals surface area contributed by atoms with Crippen LogP contribution in [0.25, 0.3) is 0 Å². The SMILES string of the molecule is CCO[C@H](/C=C/C(=O)O)[C@H](OC(=O)Nc1ccc(C(C)=O)cc1)c1cc(Br)cc(Br)c1O. The quantitative estimate of drug-likeness (QED) is 0.270. The van der Waals surface area contributed by atoms with Crippen molar-refractivity contribution in [1.82, 2.24) is 0 Å². The summed E-state index contributed by atoms with van der Waals surface area (Å²) < 4.78 is 12.1. The highest BCUT2D eigenvalue weighted by Gasteiger charge is 2.30. The van der Waals surface area contributed by atoms with Gasteiger partial charge in [-0.3, -0.25) is 10.1 Å². The number of anilines is 1. The van der Waals surface area contributed by atoms with E-state index in [-0.39, 0.29) is 23.7 Å². The van der Waals surface area contributed by atoms with Crippen LogP contribution in [0.15, 0.2) is 57.5 Å². The number of nitrogens with one attached hydrogen (secondary N) is 1. The van der Waals surface area contributed by atoms with Crippen LogP contribution in [0.3, 0.4) is 0 Å². The molecule has 10 heteroatoms. The monoisotopic (exact) mass is 569 g/mol. The summed E-state index contributed by atoms with van der Waals surface area (Å²) in [4.78, 5) is 35.1. The molecule has 0 aliphatic heterocycles. The van der Waals surface area contributed by atoms with E-state index >= 15 is 0 Å². The van der Waals surface area contributed by atoms with Crippen molar-refractivity contribution >= 4 is 55.4 Å². The van der Waals surface area contributed by atoms with Crippen molar-refractivity contribution in [2.24, 2.45) is 0 Å². The molecule has 0 saturated heterocycles. The number of ketones is 1. The molecule has 32 heavy (non-hydrogen) atoms. The Kier molecular flexibility index (Phi) is 9.42. The molecule has 0 fully saturated rings. The van der Waals surface area contributed by atoms with Crippen molar-refractivity contribution in [1.29, 1.82) is 0 Å². The lowest BCUT2D eigenvalue weighted by Gasteiger charge is -2.26. The molecular formula is C22H21Br2NO7. The maximum absolute atomic E-state index is 12.6. The summed E-state index contributed by atoms with van der Waals surface area (Å²) in [6.07, 6.45) is -0.946. The second-order valence-corrected chi connectivity index (χ2v) is 8.30. The molecule has 0 saturated carbocycles. The number of phenolic OH excluding ortho intramolecular Hbond substituents is 1. The van der Waals surface area contributed by atoms with Gasteiger partial charge in [-0.25, -0.2) is 9.59 Å². The third-order valence-corrected chi connectivity index (χ3v) is 5.28. The smallest absolute Gasteiger partial charge is 0.412 e. The first kappa shape index (κ1) is 25.6. The molecular weight excluding hydrogens is 550 g/mol. The molecule has 2 atom stereocenters. The van der Waals surface area contributed by atoms with E-state index in [4.69, 9.17) is 14.6 Å². The Bertz CT molecular complexity index is 1020. The van der Waals surface area contributed by atoms with Gasteiger partial charge in [0, 0.05) is 34.0 Å². The molecule has 0 heterocycles. The normalized spacial score (nSPS) is 12.9. The Balaban J connectivity index is 2.38. The van der Waals surface area contributed by atoms with Gasteiger partial charge in [-0.15, -0.1) is 0 Å². The van der Waals surface area contributed by atoms with Crippen LogP contribution in [-0.4, -0.2) is 40.8 Å². The zero-order valence-corrected chi connectivity index (χ0v) is 20.3. The van der Waals surface area contributed by atoms with Gasteiger partial charge in [0.15, 0.2) is 11.9 Å². The summed E-state index contributed by atoms with van der Waals surface area (Å²) in [5.41, 5.74) is 1.06. The highest BCUT2D eigenvalue weighted by atomic mass is 79.9. The first-order chi connectivity index (χ1) is 15.1. The van der Waals surface area contributed by atoms with E-state index in [9.17, 15) is 19.5 Å². The van der Waals surface area contributed by atoms with Crippen molar-refractivity contribution in [3.63, 3.8) is 0 Å². The minimum Gasteiger partial charge on any atom is -0.506 e. The van der Waals surface area contributed by atoms with E-state index in [0.717, 1.165) is 6.08 Å². The lowest BCUT2D eigenvalue weighted by atomic mass is 10.0. The number of halogens is 2. The van der Waals surface area contributed by atoms with E-state index in [2.05, 4.69) is 37.2 Å². The highest BCUT2D eigenvalue weighted by molar-refractivity contribution is 9.11. The van der Waals surface area contributed by atoms with Gasteiger partial charge in [0.25, 0.3) is 0 Å². The Morgan fingerprint density at radius 3 is 2.38 bits per heavy atom. The van der Waals surface area contributed by atoms with Gasteiger partial charge in [0.2, 0.25) is 0 Å². The van der Waals surface area contributed by atoms with Crippen LogP contribution in [0, 0.1) is 0 Å². The average molecular weight is 571 g/mol. The topological polar surface area (TPSA) is 122 Å². The Hall–Kier alpha value is -2.69. The van der Waals surface area contributed by atoms with Crippen LogP contribution >= 0.6 is 31.9 Å². The molecule has 0 aromatic heterocycles. The number of rotatable bonds is 9. The predicted molar refractivity (Wildman–Crippen MR) is 125 cm³/mol. The summed E-state index contributed by atoms with van der Waals surface area (Å²) in [5.74, 6) is -1.51. The fraction of sp³-hybridized carbons (Fsp3) is 0.227. The van der Waals surface area contributed by atoms with Crippen molar-refractivity contribution < 1.29 is 34.1 Å². The molecule has 170 valence electrons. The molecule has 2 aromatic rings. The molecule has 0 spiro atoms. The second kappa shape index (κ2) is 11.8. The highest BCUT2D eigenvalue weighted by Crippen LogP contribution is 2.39. The molecule has 0 radical (unpaired) electrons. The van der Waals surface area contributed by atoms with Crippen molar-refractivity contribution in [2.45, 2.75) is 26.1 Å². The third kappa shape index (κ3) is 7.18. The number of hydrogen-bond acceptors (Lipinski definition) is 6. The standard InChI is InChI=1S/C22H21Br2NO7/c1-3-31-18(8-9-19(27)28)21(16-10-14(23)11-17(24)20(16)29)32-22(30)25-15-6-4-13(5-7-15)12(2)26/h4-11,18,21,29H,3H2,1-2H3,(H,25,30)(H,27,28)/b9-8+/t18-,21-/m1/s1. The second-order valence-electron chi connectivity index (χ2n) is 6.53.